The number of carbonyl (C=O) groups is 2. The highest BCUT2D eigenvalue weighted by molar-refractivity contribution is 6.28. The number of rotatable bonds is 2. The number of nitrogens with one attached hydrogen (secondary N) is 1. The Labute approximate surface area is 95.0 Å². The fourth-order valence-corrected chi connectivity index (χ4v) is 2.12. The first kappa shape index (κ1) is 12.3. The first-order valence-electron chi connectivity index (χ1n) is 5.28. The van der Waals surface area contributed by atoms with Crippen LogP contribution in [0.15, 0.2) is 0 Å². The molecular weight excluding hydrogens is 216 g/mol. The van der Waals surface area contributed by atoms with Crippen LogP contribution >= 0.6 is 11.6 Å². The first-order chi connectivity index (χ1) is 7.10. The number of imide groups is 1. The summed E-state index contributed by atoms with van der Waals surface area (Å²) < 4.78 is 0. The second kappa shape index (κ2) is 5.35. The van der Waals surface area contributed by atoms with E-state index in [2.05, 4.69) is 5.32 Å². The maximum absolute atomic E-state index is 11.7. The van der Waals surface area contributed by atoms with Gasteiger partial charge < -0.3 is 4.90 Å². The summed E-state index contributed by atoms with van der Waals surface area (Å²) in [5.74, 6) is -0.610. The van der Waals surface area contributed by atoms with Crippen LogP contribution in [0.2, 0.25) is 0 Å². The maximum atomic E-state index is 11.7. The Bertz CT molecular complexity index is 258. The van der Waals surface area contributed by atoms with Gasteiger partial charge in [-0.15, -0.1) is 11.6 Å². The lowest BCUT2D eigenvalue weighted by Crippen LogP contribution is -2.48. The number of carbonyl (C=O) groups excluding carboxylic acids is 2. The van der Waals surface area contributed by atoms with E-state index in [9.17, 15) is 9.59 Å². The van der Waals surface area contributed by atoms with Crippen molar-refractivity contribution in [1.82, 2.24) is 10.2 Å². The lowest BCUT2D eigenvalue weighted by atomic mass is 10.2. The summed E-state index contributed by atoms with van der Waals surface area (Å²) in [6.45, 7) is 4.05. The molecule has 0 saturated carbocycles. The van der Waals surface area contributed by atoms with E-state index in [1.54, 1.807) is 4.90 Å². The summed E-state index contributed by atoms with van der Waals surface area (Å²) in [6, 6.07) is 0.152. The number of urea groups is 1. The highest BCUT2D eigenvalue weighted by Crippen LogP contribution is 2.25. The first-order valence-corrected chi connectivity index (χ1v) is 5.81. The summed E-state index contributed by atoms with van der Waals surface area (Å²) in [6.07, 6.45) is 2.94. The van der Waals surface area contributed by atoms with E-state index in [0.29, 0.717) is 0 Å². The fourth-order valence-electron chi connectivity index (χ4n) is 2.06. The van der Waals surface area contributed by atoms with Gasteiger partial charge in [-0.05, 0) is 26.2 Å². The fraction of sp³-hybridized carbons (Fsp3) is 0.800. The van der Waals surface area contributed by atoms with E-state index in [0.717, 1.165) is 19.3 Å². The average molecular weight is 233 g/mol. The van der Waals surface area contributed by atoms with Crippen LogP contribution in [0.1, 0.15) is 33.1 Å². The molecule has 1 aliphatic rings. The van der Waals surface area contributed by atoms with Crippen LogP contribution in [0.4, 0.5) is 4.79 Å². The van der Waals surface area contributed by atoms with Crippen molar-refractivity contribution in [2.75, 3.05) is 5.88 Å². The van der Waals surface area contributed by atoms with Gasteiger partial charge in [0.25, 0.3) is 0 Å². The summed E-state index contributed by atoms with van der Waals surface area (Å²) in [7, 11) is 0. The largest absolute Gasteiger partial charge is 0.324 e. The van der Waals surface area contributed by atoms with Crippen molar-refractivity contribution in [3.63, 3.8) is 0 Å². The number of alkyl halides is 1. The third kappa shape index (κ3) is 2.84. The van der Waals surface area contributed by atoms with Crippen molar-refractivity contribution < 1.29 is 9.59 Å². The second-order valence-electron chi connectivity index (χ2n) is 3.88. The van der Waals surface area contributed by atoms with Gasteiger partial charge in [-0.25, -0.2) is 4.79 Å². The van der Waals surface area contributed by atoms with Crippen LogP contribution in [0.5, 0.6) is 0 Å². The topological polar surface area (TPSA) is 49.4 Å². The van der Waals surface area contributed by atoms with Gasteiger partial charge in [-0.1, -0.05) is 6.92 Å². The average Bonchev–Trinajstić information content (AvgIpc) is 2.59. The zero-order valence-electron chi connectivity index (χ0n) is 9.12. The van der Waals surface area contributed by atoms with Crippen LogP contribution < -0.4 is 5.32 Å². The van der Waals surface area contributed by atoms with Gasteiger partial charge in [0.1, 0.15) is 5.88 Å². The van der Waals surface area contributed by atoms with Crippen molar-refractivity contribution in [2.45, 2.75) is 45.2 Å². The molecular formula is C10H17ClN2O2. The third-order valence-electron chi connectivity index (χ3n) is 2.86. The summed E-state index contributed by atoms with van der Waals surface area (Å²) >= 11 is 5.33. The molecule has 1 saturated heterocycles. The normalized spacial score (nSPS) is 25.4. The van der Waals surface area contributed by atoms with Crippen molar-refractivity contribution in [2.24, 2.45) is 0 Å². The minimum atomic E-state index is -0.435. The molecule has 0 radical (unpaired) electrons. The van der Waals surface area contributed by atoms with E-state index >= 15 is 0 Å². The molecule has 0 aromatic carbocycles. The van der Waals surface area contributed by atoms with E-state index in [4.69, 9.17) is 11.6 Å². The molecule has 86 valence electrons. The number of likely N-dealkylation sites (tertiary alicyclic amines) is 1. The minimum Gasteiger partial charge on any atom is -0.319 e. The molecule has 1 heterocycles. The Balaban J connectivity index is 2.60. The molecule has 4 nitrogen and oxygen atoms in total. The number of nitrogens with zero attached hydrogens (tertiary/aromatic N) is 1. The molecule has 1 aliphatic heterocycles. The molecule has 1 rings (SSSR count). The van der Waals surface area contributed by atoms with Crippen LogP contribution in [0, 0.1) is 0 Å². The third-order valence-corrected chi connectivity index (χ3v) is 3.10. The molecule has 0 aromatic heterocycles. The van der Waals surface area contributed by atoms with E-state index < -0.39 is 5.91 Å². The Morgan fingerprint density at radius 3 is 2.67 bits per heavy atom. The van der Waals surface area contributed by atoms with Crippen LogP contribution in [-0.4, -0.2) is 34.8 Å². The zero-order chi connectivity index (χ0) is 11.4. The zero-order valence-corrected chi connectivity index (χ0v) is 9.88. The molecule has 0 spiro atoms. The molecule has 0 aliphatic carbocycles. The number of hydrogen-bond donors (Lipinski definition) is 1. The van der Waals surface area contributed by atoms with E-state index in [1.165, 1.54) is 0 Å². The Morgan fingerprint density at radius 1 is 1.47 bits per heavy atom. The highest BCUT2D eigenvalue weighted by atomic mass is 35.5. The highest BCUT2D eigenvalue weighted by Gasteiger charge is 2.33. The van der Waals surface area contributed by atoms with Gasteiger partial charge in [-0.2, -0.15) is 0 Å². The van der Waals surface area contributed by atoms with Crippen molar-refractivity contribution in [3.05, 3.63) is 0 Å². The summed E-state index contributed by atoms with van der Waals surface area (Å²) in [5.41, 5.74) is 0. The van der Waals surface area contributed by atoms with Crippen LogP contribution in [-0.2, 0) is 4.79 Å². The molecule has 0 aromatic rings. The van der Waals surface area contributed by atoms with Gasteiger partial charge in [0.05, 0.1) is 0 Å². The molecule has 2 atom stereocenters. The standard InChI is InChI=1S/C10H17ClN2O2/c1-3-8-5-4-7(2)13(8)10(15)12-9(14)6-11/h7-8H,3-6H2,1-2H3,(H,12,14,15). The van der Waals surface area contributed by atoms with E-state index in [1.807, 2.05) is 13.8 Å². The van der Waals surface area contributed by atoms with Gasteiger partial charge in [0.15, 0.2) is 0 Å². The van der Waals surface area contributed by atoms with Crippen LogP contribution in [0.3, 0.4) is 0 Å². The smallest absolute Gasteiger partial charge is 0.319 e. The molecule has 15 heavy (non-hydrogen) atoms. The maximum Gasteiger partial charge on any atom is 0.324 e. The molecule has 0 bridgehead atoms. The van der Waals surface area contributed by atoms with Crippen molar-refractivity contribution in [3.8, 4) is 0 Å². The minimum absolute atomic E-state index is 0.176. The SMILES string of the molecule is CCC1CCC(C)N1C(=O)NC(=O)CCl. The quantitative estimate of drug-likeness (QED) is 0.738. The molecule has 1 fully saturated rings. The van der Waals surface area contributed by atoms with E-state index in [-0.39, 0.29) is 24.0 Å². The van der Waals surface area contributed by atoms with Gasteiger partial charge in [-0.3, -0.25) is 10.1 Å². The summed E-state index contributed by atoms with van der Waals surface area (Å²) in [4.78, 5) is 24.5. The van der Waals surface area contributed by atoms with Gasteiger partial charge in [0, 0.05) is 12.1 Å². The number of hydrogen-bond acceptors (Lipinski definition) is 2. The van der Waals surface area contributed by atoms with Crippen molar-refractivity contribution >= 4 is 23.5 Å². The second-order valence-corrected chi connectivity index (χ2v) is 4.15. The number of halogens is 1. The molecule has 1 N–H and O–H groups in total. The van der Waals surface area contributed by atoms with Gasteiger partial charge in [0.2, 0.25) is 5.91 Å². The van der Waals surface area contributed by atoms with Crippen LogP contribution in [0.25, 0.3) is 0 Å². The van der Waals surface area contributed by atoms with Crippen molar-refractivity contribution in [1.29, 1.82) is 0 Å². The Kier molecular flexibility index (Phi) is 4.39. The van der Waals surface area contributed by atoms with Gasteiger partial charge >= 0.3 is 6.03 Å². The monoisotopic (exact) mass is 232 g/mol. The lowest BCUT2D eigenvalue weighted by Gasteiger charge is -2.27. The lowest BCUT2D eigenvalue weighted by molar-refractivity contribution is -0.117. The number of amides is 3. The Hall–Kier alpha value is -0.770. The molecule has 2 unspecified atom stereocenters. The summed E-state index contributed by atoms with van der Waals surface area (Å²) in [5, 5.41) is 2.28. The predicted molar refractivity (Wildman–Crippen MR) is 58.9 cm³/mol. The molecule has 5 heteroatoms. The predicted octanol–water partition coefficient (Wildman–Crippen LogP) is 1.72. The Morgan fingerprint density at radius 2 is 2.13 bits per heavy atom. The molecule has 3 amide bonds.